The van der Waals surface area contributed by atoms with Crippen molar-refractivity contribution in [1.29, 1.82) is 0 Å². The highest BCUT2D eigenvalue weighted by Gasteiger charge is 2.28. The standard InChI is InChI=1S/C12H25N3O/c1-9(2)14-12(16)8-15-10(3)5-4-6-11(15)7-13/h9-11H,4-8,13H2,1-3H3,(H,14,16). The SMILES string of the molecule is CC(C)NC(=O)CN1C(C)CCCC1CN. The highest BCUT2D eigenvalue weighted by Crippen LogP contribution is 2.21. The van der Waals surface area contributed by atoms with E-state index in [2.05, 4.69) is 17.1 Å². The zero-order valence-electron chi connectivity index (χ0n) is 10.7. The minimum Gasteiger partial charge on any atom is -0.353 e. The van der Waals surface area contributed by atoms with Gasteiger partial charge in [0.1, 0.15) is 0 Å². The predicted molar refractivity (Wildman–Crippen MR) is 66.1 cm³/mol. The summed E-state index contributed by atoms with van der Waals surface area (Å²) in [4.78, 5) is 14.0. The summed E-state index contributed by atoms with van der Waals surface area (Å²) in [5, 5.41) is 2.93. The number of likely N-dealkylation sites (tertiary alicyclic amines) is 1. The molecule has 0 aromatic heterocycles. The van der Waals surface area contributed by atoms with Crippen molar-refractivity contribution in [2.24, 2.45) is 5.73 Å². The molecule has 1 aliphatic heterocycles. The molecule has 0 aromatic carbocycles. The Balaban J connectivity index is 2.50. The van der Waals surface area contributed by atoms with E-state index in [9.17, 15) is 4.79 Å². The Bertz CT molecular complexity index is 230. The summed E-state index contributed by atoms with van der Waals surface area (Å²) in [6.07, 6.45) is 3.52. The van der Waals surface area contributed by atoms with Gasteiger partial charge in [0.2, 0.25) is 5.91 Å². The fraction of sp³-hybridized carbons (Fsp3) is 0.917. The summed E-state index contributed by atoms with van der Waals surface area (Å²) >= 11 is 0. The first kappa shape index (κ1) is 13.5. The summed E-state index contributed by atoms with van der Waals surface area (Å²) in [5.41, 5.74) is 5.76. The van der Waals surface area contributed by atoms with Crippen LogP contribution in [0.1, 0.15) is 40.0 Å². The molecule has 1 heterocycles. The number of hydrogen-bond acceptors (Lipinski definition) is 3. The number of nitrogens with zero attached hydrogens (tertiary/aromatic N) is 1. The Kier molecular flexibility index (Phi) is 5.22. The van der Waals surface area contributed by atoms with Crippen molar-refractivity contribution in [1.82, 2.24) is 10.2 Å². The molecule has 94 valence electrons. The quantitative estimate of drug-likeness (QED) is 0.744. The zero-order chi connectivity index (χ0) is 12.1. The average molecular weight is 227 g/mol. The fourth-order valence-corrected chi connectivity index (χ4v) is 2.41. The van der Waals surface area contributed by atoms with E-state index in [1.54, 1.807) is 0 Å². The highest BCUT2D eigenvalue weighted by molar-refractivity contribution is 5.78. The molecule has 0 bridgehead atoms. The van der Waals surface area contributed by atoms with Gasteiger partial charge >= 0.3 is 0 Å². The molecule has 3 N–H and O–H groups in total. The maximum atomic E-state index is 11.7. The molecule has 4 nitrogen and oxygen atoms in total. The summed E-state index contributed by atoms with van der Waals surface area (Å²) in [5.74, 6) is 0.113. The number of nitrogens with two attached hydrogens (primary N) is 1. The van der Waals surface area contributed by atoms with Gasteiger partial charge in [-0.05, 0) is 33.6 Å². The molecule has 1 saturated heterocycles. The van der Waals surface area contributed by atoms with Crippen molar-refractivity contribution in [2.45, 2.75) is 58.2 Å². The lowest BCUT2D eigenvalue weighted by Crippen LogP contribution is -2.53. The highest BCUT2D eigenvalue weighted by atomic mass is 16.2. The van der Waals surface area contributed by atoms with Crippen LogP contribution < -0.4 is 11.1 Å². The van der Waals surface area contributed by atoms with Gasteiger partial charge in [-0.1, -0.05) is 6.42 Å². The van der Waals surface area contributed by atoms with Crippen molar-refractivity contribution in [3.8, 4) is 0 Å². The fourth-order valence-electron chi connectivity index (χ4n) is 2.41. The van der Waals surface area contributed by atoms with Gasteiger partial charge in [-0.3, -0.25) is 9.69 Å². The number of amides is 1. The molecule has 1 amide bonds. The lowest BCUT2D eigenvalue weighted by atomic mass is 9.96. The monoisotopic (exact) mass is 227 g/mol. The lowest BCUT2D eigenvalue weighted by Gasteiger charge is -2.39. The Hall–Kier alpha value is -0.610. The van der Waals surface area contributed by atoms with Gasteiger partial charge in [-0.15, -0.1) is 0 Å². The molecule has 1 rings (SSSR count). The predicted octanol–water partition coefficient (Wildman–Crippen LogP) is 0.713. The second-order valence-corrected chi connectivity index (χ2v) is 5.06. The van der Waals surface area contributed by atoms with E-state index in [0.717, 1.165) is 6.42 Å². The van der Waals surface area contributed by atoms with Crippen LogP contribution >= 0.6 is 0 Å². The third-order valence-electron chi connectivity index (χ3n) is 3.24. The van der Waals surface area contributed by atoms with E-state index in [-0.39, 0.29) is 11.9 Å². The van der Waals surface area contributed by atoms with E-state index in [0.29, 0.717) is 25.2 Å². The number of rotatable bonds is 4. The summed E-state index contributed by atoms with van der Waals surface area (Å²) in [6, 6.07) is 1.06. The van der Waals surface area contributed by atoms with E-state index in [1.165, 1.54) is 12.8 Å². The number of nitrogens with one attached hydrogen (secondary N) is 1. The summed E-state index contributed by atoms with van der Waals surface area (Å²) < 4.78 is 0. The molecule has 1 aliphatic rings. The van der Waals surface area contributed by atoms with Crippen LogP contribution in [0, 0.1) is 0 Å². The van der Waals surface area contributed by atoms with E-state index < -0.39 is 0 Å². The minimum absolute atomic E-state index is 0.113. The largest absolute Gasteiger partial charge is 0.353 e. The van der Waals surface area contributed by atoms with E-state index in [1.807, 2.05) is 13.8 Å². The van der Waals surface area contributed by atoms with Crippen LogP contribution in [-0.2, 0) is 4.79 Å². The van der Waals surface area contributed by atoms with Gasteiger partial charge in [0, 0.05) is 24.7 Å². The van der Waals surface area contributed by atoms with Gasteiger partial charge in [-0.2, -0.15) is 0 Å². The van der Waals surface area contributed by atoms with Crippen LogP contribution in [0.3, 0.4) is 0 Å². The van der Waals surface area contributed by atoms with Crippen LogP contribution in [-0.4, -0.2) is 42.0 Å². The first-order chi connectivity index (χ1) is 7.54. The van der Waals surface area contributed by atoms with Gasteiger partial charge in [-0.25, -0.2) is 0 Å². The molecule has 0 spiro atoms. The second kappa shape index (κ2) is 6.21. The van der Waals surface area contributed by atoms with Crippen LogP contribution in [0.2, 0.25) is 0 Å². The number of hydrogen-bond donors (Lipinski definition) is 2. The third-order valence-corrected chi connectivity index (χ3v) is 3.24. The van der Waals surface area contributed by atoms with Crippen LogP contribution in [0.15, 0.2) is 0 Å². The van der Waals surface area contributed by atoms with Crippen molar-refractivity contribution in [3.05, 3.63) is 0 Å². The van der Waals surface area contributed by atoms with E-state index >= 15 is 0 Å². The summed E-state index contributed by atoms with van der Waals surface area (Å²) in [7, 11) is 0. The molecule has 4 heteroatoms. The van der Waals surface area contributed by atoms with Gasteiger partial charge in [0.25, 0.3) is 0 Å². The first-order valence-electron chi connectivity index (χ1n) is 6.29. The molecular weight excluding hydrogens is 202 g/mol. The molecule has 1 fully saturated rings. The van der Waals surface area contributed by atoms with Gasteiger partial charge < -0.3 is 11.1 Å². The normalized spacial score (nSPS) is 27.1. The molecule has 2 atom stereocenters. The average Bonchev–Trinajstić information content (AvgIpc) is 2.20. The zero-order valence-corrected chi connectivity index (χ0v) is 10.7. The van der Waals surface area contributed by atoms with Crippen LogP contribution in [0.25, 0.3) is 0 Å². The maximum Gasteiger partial charge on any atom is 0.234 e. The lowest BCUT2D eigenvalue weighted by molar-refractivity contribution is -0.124. The Morgan fingerprint density at radius 3 is 2.75 bits per heavy atom. The molecule has 0 aromatic rings. The van der Waals surface area contributed by atoms with Crippen molar-refractivity contribution in [2.75, 3.05) is 13.1 Å². The maximum absolute atomic E-state index is 11.7. The minimum atomic E-state index is 0.113. The second-order valence-electron chi connectivity index (χ2n) is 5.06. The Labute approximate surface area is 98.6 Å². The first-order valence-corrected chi connectivity index (χ1v) is 6.29. The molecule has 2 unspecified atom stereocenters. The molecule has 0 saturated carbocycles. The number of carbonyl (C=O) groups excluding carboxylic acids is 1. The molecular formula is C12H25N3O. The molecule has 16 heavy (non-hydrogen) atoms. The Morgan fingerprint density at radius 1 is 1.50 bits per heavy atom. The molecule has 0 aliphatic carbocycles. The van der Waals surface area contributed by atoms with E-state index in [4.69, 9.17) is 5.73 Å². The van der Waals surface area contributed by atoms with Crippen LogP contribution in [0.4, 0.5) is 0 Å². The number of piperidine rings is 1. The smallest absolute Gasteiger partial charge is 0.234 e. The summed E-state index contributed by atoms with van der Waals surface area (Å²) in [6.45, 7) is 7.29. The molecule has 0 radical (unpaired) electrons. The number of carbonyl (C=O) groups is 1. The Morgan fingerprint density at radius 2 is 2.19 bits per heavy atom. The van der Waals surface area contributed by atoms with Crippen molar-refractivity contribution in [3.63, 3.8) is 0 Å². The van der Waals surface area contributed by atoms with Crippen molar-refractivity contribution >= 4 is 5.91 Å². The topological polar surface area (TPSA) is 58.4 Å². The third kappa shape index (κ3) is 3.76. The van der Waals surface area contributed by atoms with Crippen LogP contribution in [0.5, 0.6) is 0 Å². The van der Waals surface area contributed by atoms with Gasteiger partial charge in [0.15, 0.2) is 0 Å². The van der Waals surface area contributed by atoms with Crippen molar-refractivity contribution < 1.29 is 4.79 Å². The van der Waals surface area contributed by atoms with Gasteiger partial charge in [0.05, 0.1) is 6.54 Å².